The Morgan fingerprint density at radius 1 is 1.00 bits per heavy atom. The van der Waals surface area contributed by atoms with Crippen LogP contribution in [0.1, 0.15) is 24.5 Å². The first-order chi connectivity index (χ1) is 16.6. The fourth-order valence-corrected chi connectivity index (χ4v) is 3.84. The van der Waals surface area contributed by atoms with Crippen LogP contribution in [0.3, 0.4) is 0 Å². The van der Waals surface area contributed by atoms with Gasteiger partial charge in [0.1, 0.15) is 11.5 Å². The van der Waals surface area contributed by atoms with Crippen LogP contribution in [0.2, 0.25) is 0 Å². The second-order valence-electron chi connectivity index (χ2n) is 7.93. The molecule has 4 rings (SSSR count). The Morgan fingerprint density at radius 3 is 2.50 bits per heavy atom. The Morgan fingerprint density at radius 2 is 1.74 bits per heavy atom. The van der Waals surface area contributed by atoms with E-state index in [1.807, 2.05) is 60.7 Å². The fraction of sp³-hybridized carbons (Fsp3) is 0.207. The number of allylic oxidation sites excluding steroid dienone is 1. The van der Waals surface area contributed by atoms with Crippen LogP contribution in [0.4, 0.5) is 0 Å². The molecule has 0 fully saturated rings. The summed E-state index contributed by atoms with van der Waals surface area (Å²) in [6.07, 6.45) is 6.35. The van der Waals surface area contributed by atoms with Crippen molar-refractivity contribution in [1.82, 2.24) is 0 Å². The average Bonchev–Trinajstić information content (AvgIpc) is 2.85. The van der Waals surface area contributed by atoms with Gasteiger partial charge in [-0.2, -0.15) is 0 Å². The lowest BCUT2D eigenvalue weighted by Gasteiger charge is -2.13. The summed E-state index contributed by atoms with van der Waals surface area (Å²) < 4.78 is 17.2. The first kappa shape index (κ1) is 23.3. The molecule has 0 aliphatic carbocycles. The molecule has 3 aromatic rings. The molecular formula is C29H28O5. The smallest absolute Gasteiger partial charge is 0.333 e. The summed E-state index contributed by atoms with van der Waals surface area (Å²) in [5, 5.41) is 11.4. The van der Waals surface area contributed by atoms with Crippen LogP contribution < -0.4 is 19.9 Å². The van der Waals surface area contributed by atoms with Gasteiger partial charge in [-0.3, -0.25) is 0 Å². The summed E-state index contributed by atoms with van der Waals surface area (Å²) in [5.41, 5.74) is 3.03. The van der Waals surface area contributed by atoms with Crippen LogP contribution in [0.25, 0.3) is 17.9 Å². The van der Waals surface area contributed by atoms with Crippen LogP contribution in [-0.4, -0.2) is 30.4 Å². The second-order valence-corrected chi connectivity index (χ2v) is 7.93. The minimum absolute atomic E-state index is 0.325. The molecule has 1 atom stereocenters. The predicted molar refractivity (Wildman–Crippen MR) is 133 cm³/mol. The maximum atomic E-state index is 11.3. The Kier molecular flexibility index (Phi) is 7.79. The molecule has 0 radical (unpaired) electrons. The third-order valence-electron chi connectivity index (χ3n) is 5.56. The minimum Gasteiger partial charge on any atom is -0.493 e. The number of carboxylic acid groups (broad SMARTS) is 1. The van der Waals surface area contributed by atoms with Crippen LogP contribution >= 0.6 is 0 Å². The maximum absolute atomic E-state index is 11.3. The van der Waals surface area contributed by atoms with E-state index in [-0.39, 0.29) is 0 Å². The Hall–Kier alpha value is -3.83. The van der Waals surface area contributed by atoms with Crippen LogP contribution in [0.15, 0.2) is 78.9 Å². The molecule has 0 saturated carbocycles. The monoisotopic (exact) mass is 456 g/mol. The SMILES string of the molecule is CCOC(Cc1ccc(OCCC=C2C=c3ccccc3=COc3ccccc32)cc1)C(=O)O. The molecule has 5 heteroatoms. The van der Waals surface area contributed by atoms with Crippen molar-refractivity contribution in [3.63, 3.8) is 0 Å². The van der Waals surface area contributed by atoms with Gasteiger partial charge >= 0.3 is 5.97 Å². The molecule has 1 heterocycles. The molecule has 34 heavy (non-hydrogen) atoms. The molecule has 0 aromatic heterocycles. The number of aliphatic carboxylic acids is 1. The normalized spacial score (nSPS) is 14.3. The van der Waals surface area contributed by atoms with Gasteiger partial charge in [0.05, 0.1) is 12.9 Å². The number of carbonyl (C=O) groups is 1. The van der Waals surface area contributed by atoms with E-state index in [1.165, 1.54) is 0 Å². The highest BCUT2D eigenvalue weighted by Gasteiger charge is 2.17. The molecular weight excluding hydrogens is 428 g/mol. The second kappa shape index (κ2) is 11.3. The van der Waals surface area contributed by atoms with Gasteiger partial charge in [0.25, 0.3) is 0 Å². The molecule has 0 amide bonds. The van der Waals surface area contributed by atoms with Gasteiger partial charge in [-0.1, -0.05) is 60.7 Å². The van der Waals surface area contributed by atoms with Crippen molar-refractivity contribution in [1.29, 1.82) is 0 Å². The first-order valence-electron chi connectivity index (χ1n) is 11.4. The van der Waals surface area contributed by atoms with Gasteiger partial charge < -0.3 is 19.3 Å². The van der Waals surface area contributed by atoms with Crippen molar-refractivity contribution in [2.45, 2.75) is 25.9 Å². The lowest BCUT2D eigenvalue weighted by Crippen LogP contribution is -2.26. The molecule has 5 nitrogen and oxygen atoms in total. The molecule has 174 valence electrons. The Labute approximate surface area is 199 Å². The minimum atomic E-state index is -0.950. The van der Waals surface area contributed by atoms with Crippen molar-refractivity contribution in [3.05, 3.63) is 100 Å². The molecule has 1 unspecified atom stereocenters. The highest BCUT2D eigenvalue weighted by Crippen LogP contribution is 2.28. The van der Waals surface area contributed by atoms with E-state index >= 15 is 0 Å². The van der Waals surface area contributed by atoms with Crippen LogP contribution in [-0.2, 0) is 16.0 Å². The quantitative estimate of drug-likeness (QED) is 0.490. The zero-order valence-corrected chi connectivity index (χ0v) is 19.1. The van der Waals surface area contributed by atoms with Crippen molar-refractivity contribution in [3.8, 4) is 11.5 Å². The largest absolute Gasteiger partial charge is 0.493 e. The molecule has 1 N–H and O–H groups in total. The molecule has 1 aliphatic rings. The Bertz CT molecular complexity index is 1270. The van der Waals surface area contributed by atoms with E-state index in [0.29, 0.717) is 19.6 Å². The maximum Gasteiger partial charge on any atom is 0.333 e. The fourth-order valence-electron chi connectivity index (χ4n) is 3.84. The number of para-hydroxylation sites is 1. The van der Waals surface area contributed by atoms with Gasteiger partial charge in [0, 0.05) is 30.2 Å². The summed E-state index contributed by atoms with van der Waals surface area (Å²) in [5.74, 6) is 0.618. The summed E-state index contributed by atoms with van der Waals surface area (Å²) in [6, 6.07) is 23.6. The number of hydrogen-bond acceptors (Lipinski definition) is 4. The van der Waals surface area contributed by atoms with Crippen molar-refractivity contribution in [2.24, 2.45) is 0 Å². The summed E-state index contributed by atoms with van der Waals surface area (Å²) in [6.45, 7) is 2.68. The highest BCUT2D eigenvalue weighted by molar-refractivity contribution is 5.91. The van der Waals surface area contributed by atoms with Crippen molar-refractivity contribution >= 4 is 23.9 Å². The highest BCUT2D eigenvalue weighted by atomic mass is 16.5. The third-order valence-corrected chi connectivity index (χ3v) is 5.56. The van der Waals surface area contributed by atoms with E-state index in [4.69, 9.17) is 14.2 Å². The van der Waals surface area contributed by atoms with E-state index in [9.17, 15) is 9.90 Å². The number of benzene rings is 3. The third kappa shape index (κ3) is 5.94. The predicted octanol–water partition coefficient (Wildman–Crippen LogP) is 4.18. The van der Waals surface area contributed by atoms with Gasteiger partial charge in [-0.05, 0) is 47.6 Å². The van der Waals surface area contributed by atoms with E-state index < -0.39 is 12.1 Å². The molecule has 3 aromatic carbocycles. The molecule has 0 saturated heterocycles. The number of ether oxygens (including phenoxy) is 3. The number of fused-ring (bicyclic) bond motifs is 2. The van der Waals surface area contributed by atoms with Gasteiger partial charge in [0.2, 0.25) is 0 Å². The topological polar surface area (TPSA) is 65.0 Å². The summed E-state index contributed by atoms with van der Waals surface area (Å²) in [7, 11) is 0. The van der Waals surface area contributed by atoms with Gasteiger partial charge in [-0.25, -0.2) is 4.79 Å². The van der Waals surface area contributed by atoms with E-state index in [0.717, 1.165) is 45.1 Å². The molecule has 1 aliphatic heterocycles. The first-order valence-corrected chi connectivity index (χ1v) is 11.4. The molecule has 0 bridgehead atoms. The van der Waals surface area contributed by atoms with Crippen molar-refractivity contribution < 1.29 is 24.1 Å². The number of hydrogen-bond donors (Lipinski definition) is 1. The number of carboxylic acids is 1. The summed E-state index contributed by atoms with van der Waals surface area (Å²) in [4.78, 5) is 11.3. The van der Waals surface area contributed by atoms with Crippen LogP contribution in [0, 0.1) is 0 Å². The average molecular weight is 457 g/mol. The van der Waals surface area contributed by atoms with Gasteiger partial charge in [0.15, 0.2) is 6.10 Å². The Balaban J connectivity index is 1.44. The van der Waals surface area contributed by atoms with E-state index in [2.05, 4.69) is 24.3 Å². The van der Waals surface area contributed by atoms with E-state index in [1.54, 1.807) is 13.2 Å². The molecule has 0 spiro atoms. The zero-order chi connectivity index (χ0) is 23.8. The lowest BCUT2D eigenvalue weighted by molar-refractivity contribution is -0.149. The summed E-state index contributed by atoms with van der Waals surface area (Å²) >= 11 is 0. The number of rotatable bonds is 9. The lowest BCUT2D eigenvalue weighted by atomic mass is 10.0. The zero-order valence-electron chi connectivity index (χ0n) is 19.1. The standard InChI is InChI=1S/C29H28O5/c1-2-32-28(29(30)31)18-21-13-15-25(16-14-21)33-17-7-10-23-19-22-8-3-4-9-24(22)20-34-27-12-6-5-11-26(23)27/h3-6,8-16,19-20,28H,2,7,17-18H2,1H3,(H,30,31). The van der Waals surface area contributed by atoms with Gasteiger partial charge in [-0.15, -0.1) is 0 Å². The van der Waals surface area contributed by atoms with Crippen molar-refractivity contribution in [2.75, 3.05) is 13.2 Å². The van der Waals surface area contributed by atoms with Crippen LogP contribution in [0.5, 0.6) is 11.5 Å².